The van der Waals surface area contributed by atoms with Crippen molar-refractivity contribution in [1.29, 1.82) is 5.26 Å². The van der Waals surface area contributed by atoms with Crippen LogP contribution in [0.25, 0.3) is 6.08 Å². The van der Waals surface area contributed by atoms with Crippen molar-refractivity contribution in [3.8, 4) is 17.6 Å². The van der Waals surface area contributed by atoms with Crippen molar-refractivity contribution >= 4 is 34.3 Å². The summed E-state index contributed by atoms with van der Waals surface area (Å²) >= 11 is 1.22. The number of thiophene rings is 1. The van der Waals surface area contributed by atoms with E-state index in [4.69, 9.17) is 19.5 Å². The number of rotatable bonds is 8. The second-order valence-corrected chi connectivity index (χ2v) is 6.02. The van der Waals surface area contributed by atoms with E-state index in [9.17, 15) is 9.59 Å². The Labute approximate surface area is 160 Å². The Morgan fingerprint density at radius 3 is 2.81 bits per heavy atom. The lowest BCUT2D eigenvalue weighted by Crippen LogP contribution is -2.19. The Bertz CT molecular complexity index is 882. The maximum Gasteiger partial charge on any atom is 0.331 e. The molecule has 0 bridgehead atoms. The summed E-state index contributed by atoms with van der Waals surface area (Å²) in [5.74, 6) is -0.0131. The third kappa shape index (κ3) is 5.87. The molecule has 0 saturated carbocycles. The molecule has 0 atom stereocenters. The molecule has 0 spiro atoms. The number of hydrogen-bond donors (Lipinski definition) is 1. The highest BCUT2D eigenvalue weighted by molar-refractivity contribution is 7.14. The summed E-state index contributed by atoms with van der Waals surface area (Å²) in [6.07, 6.45) is 2.76. The molecule has 0 unspecified atom stereocenters. The number of methoxy groups -OCH3 is 1. The minimum Gasteiger partial charge on any atom is -0.493 e. The Morgan fingerprint density at radius 2 is 2.11 bits per heavy atom. The Hall–Kier alpha value is -3.31. The van der Waals surface area contributed by atoms with Crippen LogP contribution in [0.4, 0.5) is 5.00 Å². The quantitative estimate of drug-likeness (QED) is 0.553. The van der Waals surface area contributed by atoms with E-state index >= 15 is 0 Å². The predicted molar refractivity (Wildman–Crippen MR) is 102 cm³/mol. The number of ether oxygens (including phenoxy) is 3. The summed E-state index contributed by atoms with van der Waals surface area (Å²) in [6, 6.07) is 8.80. The second kappa shape index (κ2) is 9.99. The number of nitriles is 1. The zero-order valence-electron chi connectivity index (χ0n) is 14.9. The minimum absolute atomic E-state index is 0.365. The molecule has 1 aromatic carbocycles. The monoisotopic (exact) mass is 386 g/mol. The van der Waals surface area contributed by atoms with Crippen LogP contribution in [0.2, 0.25) is 0 Å². The van der Waals surface area contributed by atoms with E-state index < -0.39 is 18.5 Å². The minimum atomic E-state index is -0.662. The predicted octanol–water partition coefficient (Wildman–Crippen LogP) is 3.22. The first-order valence-electron chi connectivity index (χ1n) is 8.00. The number of amides is 1. The number of carbonyl (C=O) groups is 2. The van der Waals surface area contributed by atoms with Gasteiger partial charge in [-0.3, -0.25) is 4.79 Å². The smallest absolute Gasteiger partial charge is 0.331 e. The highest BCUT2D eigenvalue weighted by Gasteiger charge is 2.10. The molecule has 1 aromatic heterocycles. The van der Waals surface area contributed by atoms with Gasteiger partial charge >= 0.3 is 5.97 Å². The number of nitrogens with zero attached hydrogens (tertiary/aromatic N) is 1. The zero-order chi connectivity index (χ0) is 19.6. The van der Waals surface area contributed by atoms with Crippen molar-refractivity contribution in [3.05, 3.63) is 46.8 Å². The molecular formula is C19H18N2O5S. The van der Waals surface area contributed by atoms with E-state index in [1.165, 1.54) is 24.5 Å². The fraction of sp³-hybridized carbons (Fsp3) is 0.211. The molecule has 0 fully saturated rings. The van der Waals surface area contributed by atoms with Gasteiger partial charge in [0.05, 0.1) is 19.3 Å². The van der Waals surface area contributed by atoms with Gasteiger partial charge in [0.1, 0.15) is 11.1 Å². The summed E-state index contributed by atoms with van der Waals surface area (Å²) in [6.45, 7) is 1.94. The van der Waals surface area contributed by atoms with Crippen molar-refractivity contribution in [1.82, 2.24) is 0 Å². The van der Waals surface area contributed by atoms with Crippen LogP contribution in [-0.4, -0.2) is 32.2 Å². The van der Waals surface area contributed by atoms with Crippen LogP contribution in [-0.2, 0) is 14.3 Å². The lowest BCUT2D eigenvalue weighted by atomic mass is 10.2. The Kier molecular flexibility index (Phi) is 7.40. The molecule has 1 N–H and O–H groups in total. The summed E-state index contributed by atoms with van der Waals surface area (Å²) in [4.78, 5) is 23.6. The van der Waals surface area contributed by atoms with Gasteiger partial charge in [-0.05, 0) is 42.1 Å². The standard InChI is InChI=1S/C19H18N2O5S/c1-3-25-15-6-4-13(10-16(15)24-2)5-7-18(23)26-12-17(22)21-19-14(11-20)8-9-27-19/h4-10H,3,12H2,1-2H3,(H,21,22)/b7-5+. The molecule has 1 heterocycles. The SMILES string of the molecule is CCOc1ccc(/C=C/C(=O)OCC(=O)Nc2sccc2C#N)cc1OC. The van der Waals surface area contributed by atoms with Crippen LogP contribution in [0.5, 0.6) is 11.5 Å². The molecule has 2 rings (SSSR count). The fourth-order valence-electron chi connectivity index (χ4n) is 2.07. The van der Waals surface area contributed by atoms with Crippen LogP contribution in [0.1, 0.15) is 18.1 Å². The maximum absolute atomic E-state index is 11.8. The second-order valence-electron chi connectivity index (χ2n) is 5.11. The number of esters is 1. The van der Waals surface area contributed by atoms with Gasteiger partial charge in [0.15, 0.2) is 18.1 Å². The molecule has 0 saturated heterocycles. The molecule has 0 aliphatic carbocycles. The van der Waals surface area contributed by atoms with Crippen molar-refractivity contribution in [3.63, 3.8) is 0 Å². The van der Waals surface area contributed by atoms with Gasteiger partial charge in [0, 0.05) is 6.08 Å². The largest absolute Gasteiger partial charge is 0.493 e. The van der Waals surface area contributed by atoms with Crippen molar-refractivity contribution < 1.29 is 23.8 Å². The van der Waals surface area contributed by atoms with Crippen molar-refractivity contribution in [2.45, 2.75) is 6.92 Å². The average molecular weight is 386 g/mol. The van der Waals surface area contributed by atoms with Gasteiger partial charge in [0.2, 0.25) is 0 Å². The Morgan fingerprint density at radius 1 is 1.30 bits per heavy atom. The van der Waals surface area contributed by atoms with Gasteiger partial charge < -0.3 is 19.5 Å². The van der Waals surface area contributed by atoms with Crippen molar-refractivity contribution in [2.75, 3.05) is 25.6 Å². The number of nitrogens with one attached hydrogen (secondary N) is 1. The summed E-state index contributed by atoms with van der Waals surface area (Å²) in [5.41, 5.74) is 1.08. The maximum atomic E-state index is 11.8. The first-order valence-corrected chi connectivity index (χ1v) is 8.88. The highest BCUT2D eigenvalue weighted by Crippen LogP contribution is 2.28. The summed E-state index contributed by atoms with van der Waals surface area (Å²) < 4.78 is 15.6. The van der Waals surface area contributed by atoms with Crippen LogP contribution in [0.3, 0.4) is 0 Å². The van der Waals surface area contributed by atoms with Gasteiger partial charge in [-0.1, -0.05) is 6.07 Å². The van der Waals surface area contributed by atoms with Crippen molar-refractivity contribution in [2.24, 2.45) is 0 Å². The molecule has 0 aliphatic rings. The number of benzene rings is 1. The number of hydrogen-bond acceptors (Lipinski definition) is 7. The lowest BCUT2D eigenvalue weighted by Gasteiger charge is -2.09. The molecule has 0 radical (unpaired) electrons. The summed E-state index contributed by atoms with van der Waals surface area (Å²) in [7, 11) is 1.53. The first kappa shape index (κ1) is 20.0. The molecule has 140 valence electrons. The third-order valence-electron chi connectivity index (χ3n) is 3.28. The van der Waals surface area contributed by atoms with Gasteiger partial charge in [-0.15, -0.1) is 11.3 Å². The average Bonchev–Trinajstić information content (AvgIpc) is 3.12. The number of anilines is 1. The van der Waals surface area contributed by atoms with E-state index in [0.717, 1.165) is 0 Å². The highest BCUT2D eigenvalue weighted by atomic mass is 32.1. The van der Waals surface area contributed by atoms with E-state index in [1.807, 2.05) is 13.0 Å². The topological polar surface area (TPSA) is 97.6 Å². The Balaban J connectivity index is 1.88. The molecule has 0 aliphatic heterocycles. The van der Waals surface area contributed by atoms with E-state index in [-0.39, 0.29) is 0 Å². The van der Waals surface area contributed by atoms with Gasteiger partial charge in [0.25, 0.3) is 5.91 Å². The van der Waals surface area contributed by atoms with Crippen LogP contribution < -0.4 is 14.8 Å². The van der Waals surface area contributed by atoms with E-state index in [2.05, 4.69) is 5.32 Å². The van der Waals surface area contributed by atoms with E-state index in [0.29, 0.717) is 34.2 Å². The van der Waals surface area contributed by atoms with E-state index in [1.54, 1.807) is 35.7 Å². The van der Waals surface area contributed by atoms with Crippen LogP contribution in [0.15, 0.2) is 35.7 Å². The molecule has 8 heteroatoms. The molecular weight excluding hydrogens is 368 g/mol. The van der Waals surface area contributed by atoms with Gasteiger partial charge in [-0.2, -0.15) is 5.26 Å². The molecule has 2 aromatic rings. The molecule has 27 heavy (non-hydrogen) atoms. The normalized spacial score (nSPS) is 10.3. The number of carbonyl (C=O) groups excluding carboxylic acids is 2. The first-order chi connectivity index (χ1) is 13.1. The summed E-state index contributed by atoms with van der Waals surface area (Å²) in [5, 5.41) is 13.5. The fourth-order valence-corrected chi connectivity index (χ4v) is 2.82. The zero-order valence-corrected chi connectivity index (χ0v) is 15.7. The van der Waals surface area contributed by atoms with Crippen LogP contribution >= 0.6 is 11.3 Å². The molecule has 1 amide bonds. The lowest BCUT2D eigenvalue weighted by molar-refractivity contribution is -0.142. The molecule has 7 nitrogen and oxygen atoms in total. The van der Waals surface area contributed by atoms with Crippen LogP contribution in [0, 0.1) is 11.3 Å². The third-order valence-corrected chi connectivity index (χ3v) is 4.11. The van der Waals surface area contributed by atoms with Gasteiger partial charge in [-0.25, -0.2) is 4.79 Å².